The largest absolute Gasteiger partial charge is 0.390 e. The summed E-state index contributed by atoms with van der Waals surface area (Å²) >= 11 is 1.83. The molecule has 3 aliphatic heterocycles. The van der Waals surface area contributed by atoms with Gasteiger partial charge in [-0.15, -0.1) is 0 Å². The number of carbonyl (C=O) groups excluding carboxylic acids is 3. The van der Waals surface area contributed by atoms with E-state index < -0.39 is 49.0 Å². The van der Waals surface area contributed by atoms with Gasteiger partial charge in [-0.1, -0.05) is 239 Å². The van der Waals surface area contributed by atoms with Gasteiger partial charge in [0.2, 0.25) is 11.8 Å². The molecule has 3 rings (SSSR count). The van der Waals surface area contributed by atoms with E-state index in [-0.39, 0.29) is 55.9 Å². The molecule has 15 heteroatoms. The van der Waals surface area contributed by atoms with Crippen LogP contribution in [0.3, 0.4) is 0 Å². The summed E-state index contributed by atoms with van der Waals surface area (Å²) in [6.45, 7) is 4.06. The number of unbranched alkanes of at least 4 members (excludes halogenated alkanes) is 34. The third-order valence-electron chi connectivity index (χ3n) is 16.2. The lowest BCUT2D eigenvalue weighted by molar-refractivity contribution is -0.297. The first kappa shape index (κ1) is 67.6. The molecule has 440 valence electrons. The number of fused-ring (bicyclic) bond motifs is 1. The molecule has 11 atom stereocenters. The van der Waals surface area contributed by atoms with Gasteiger partial charge >= 0.3 is 6.03 Å². The second kappa shape index (κ2) is 44.1. The maximum atomic E-state index is 13.3. The van der Waals surface area contributed by atoms with E-state index >= 15 is 0 Å². The second-order valence-electron chi connectivity index (χ2n) is 23.0. The number of urea groups is 1. The van der Waals surface area contributed by atoms with Gasteiger partial charge in [-0.2, -0.15) is 11.8 Å². The number of aliphatic hydroxyl groups is 5. The van der Waals surface area contributed by atoms with Crippen molar-refractivity contribution >= 4 is 29.6 Å². The smallest absolute Gasteiger partial charge is 0.315 e. The highest BCUT2D eigenvalue weighted by molar-refractivity contribution is 8.00. The van der Waals surface area contributed by atoms with Crippen molar-refractivity contribution in [2.45, 2.75) is 343 Å². The molecule has 0 spiro atoms. The van der Waals surface area contributed by atoms with Crippen LogP contribution in [0.25, 0.3) is 0 Å². The van der Waals surface area contributed by atoms with Crippen LogP contribution in [0, 0.1) is 0 Å². The molecule has 3 heterocycles. The Labute approximate surface area is 460 Å². The maximum absolute atomic E-state index is 13.3. The highest BCUT2D eigenvalue weighted by atomic mass is 32.2. The fourth-order valence-electron chi connectivity index (χ4n) is 11.2. The van der Waals surface area contributed by atoms with E-state index in [9.17, 15) is 39.9 Å². The third-order valence-corrected chi connectivity index (χ3v) is 17.7. The molecule has 5 unspecified atom stereocenters. The molecule has 75 heavy (non-hydrogen) atoms. The molecule has 3 fully saturated rings. The first-order chi connectivity index (χ1) is 36.5. The van der Waals surface area contributed by atoms with Crippen molar-refractivity contribution in [2.75, 3.05) is 18.9 Å². The Balaban J connectivity index is 1.34. The zero-order chi connectivity index (χ0) is 54.1. The molecular weight excluding hydrogens is 969 g/mol. The Morgan fingerprint density at radius 3 is 1.52 bits per heavy atom. The lowest BCUT2D eigenvalue weighted by Gasteiger charge is -2.41. The van der Waals surface area contributed by atoms with E-state index in [0.29, 0.717) is 24.5 Å². The van der Waals surface area contributed by atoms with Gasteiger partial charge in [0.25, 0.3) is 0 Å². The van der Waals surface area contributed by atoms with Gasteiger partial charge in [-0.25, -0.2) is 4.79 Å². The van der Waals surface area contributed by atoms with Crippen molar-refractivity contribution in [1.29, 1.82) is 0 Å². The number of nitrogens with one attached hydrogen (secondary N) is 4. The van der Waals surface area contributed by atoms with E-state index in [4.69, 9.17) is 9.47 Å². The fourth-order valence-corrected chi connectivity index (χ4v) is 12.8. The SMILES string of the molecule is CCCCCCCCCCCCCCCCCCCCCCCCCC(=O)N[C@@H](COC1OC(CNC(=O)CCCC[C@@H]2SC[C@@H]3NC(=O)N[C@@H]32)C(O)C(O)C1O)[C@H](O)[C@H](O)CCCCCCCCCCCCCC. The number of rotatable bonds is 50. The molecule has 0 saturated carbocycles. The lowest BCUT2D eigenvalue weighted by atomic mass is 9.98. The minimum atomic E-state index is -1.65. The summed E-state index contributed by atoms with van der Waals surface area (Å²) in [4.78, 5) is 37.8. The Morgan fingerprint density at radius 2 is 1.03 bits per heavy atom. The second-order valence-corrected chi connectivity index (χ2v) is 24.2. The summed E-state index contributed by atoms with van der Waals surface area (Å²) in [5.41, 5.74) is 0. The van der Waals surface area contributed by atoms with Crippen molar-refractivity contribution in [2.24, 2.45) is 0 Å². The zero-order valence-corrected chi connectivity index (χ0v) is 48.5. The molecule has 0 aliphatic carbocycles. The van der Waals surface area contributed by atoms with E-state index in [0.717, 1.165) is 63.5 Å². The van der Waals surface area contributed by atoms with Crippen LogP contribution in [0.4, 0.5) is 4.79 Å². The topological polar surface area (TPSA) is 219 Å². The molecule has 0 aromatic heterocycles. The van der Waals surface area contributed by atoms with Crippen molar-refractivity contribution < 1.29 is 49.4 Å². The molecular formula is C60H114N4O10S. The van der Waals surface area contributed by atoms with E-state index in [1.165, 1.54) is 173 Å². The van der Waals surface area contributed by atoms with Crippen LogP contribution in [0.1, 0.15) is 277 Å². The number of aliphatic hydroxyl groups excluding tert-OH is 5. The van der Waals surface area contributed by atoms with Crippen LogP contribution < -0.4 is 21.3 Å². The molecule has 4 amide bonds. The van der Waals surface area contributed by atoms with Gasteiger partial charge in [-0.3, -0.25) is 9.59 Å². The van der Waals surface area contributed by atoms with Gasteiger partial charge in [0, 0.05) is 30.4 Å². The zero-order valence-electron chi connectivity index (χ0n) is 47.6. The average Bonchev–Trinajstić information content (AvgIpc) is 3.97. The number of carbonyl (C=O) groups is 3. The molecule has 3 saturated heterocycles. The summed E-state index contributed by atoms with van der Waals surface area (Å²) in [5, 5.41) is 67.0. The Morgan fingerprint density at radius 1 is 0.587 bits per heavy atom. The third kappa shape index (κ3) is 31.0. The predicted octanol–water partition coefficient (Wildman–Crippen LogP) is 11.3. The highest BCUT2D eigenvalue weighted by Crippen LogP contribution is 2.33. The number of ether oxygens (including phenoxy) is 2. The first-order valence-electron chi connectivity index (χ1n) is 31.5. The number of hydrogen-bond donors (Lipinski definition) is 9. The normalized spacial score (nSPS) is 23.6. The molecule has 14 nitrogen and oxygen atoms in total. The van der Waals surface area contributed by atoms with Gasteiger partial charge in [-0.05, 0) is 25.7 Å². The average molecular weight is 1080 g/mol. The van der Waals surface area contributed by atoms with Crippen LogP contribution in [-0.4, -0.2) is 129 Å². The molecule has 0 radical (unpaired) electrons. The Kier molecular flexibility index (Phi) is 39.7. The number of thioether (sulfide) groups is 1. The monoisotopic (exact) mass is 1080 g/mol. The van der Waals surface area contributed by atoms with Gasteiger partial charge in [0.05, 0.1) is 30.8 Å². The molecule has 0 aromatic rings. The van der Waals surface area contributed by atoms with Gasteiger partial charge in [0.1, 0.15) is 30.5 Å². The van der Waals surface area contributed by atoms with Crippen LogP contribution in [0.2, 0.25) is 0 Å². The predicted molar refractivity (Wildman–Crippen MR) is 306 cm³/mol. The minimum Gasteiger partial charge on any atom is -0.390 e. The van der Waals surface area contributed by atoms with Gasteiger partial charge in [0.15, 0.2) is 6.29 Å². The van der Waals surface area contributed by atoms with Crippen molar-refractivity contribution in [3.63, 3.8) is 0 Å². The summed E-state index contributed by atoms with van der Waals surface area (Å²) in [5.74, 6) is 0.365. The summed E-state index contributed by atoms with van der Waals surface area (Å²) in [6.07, 6.45) is 37.4. The molecule has 9 N–H and O–H groups in total. The van der Waals surface area contributed by atoms with Crippen LogP contribution in [0.5, 0.6) is 0 Å². The van der Waals surface area contributed by atoms with Crippen molar-refractivity contribution in [3.8, 4) is 0 Å². The van der Waals surface area contributed by atoms with Gasteiger partial charge < -0.3 is 56.3 Å². The van der Waals surface area contributed by atoms with Crippen molar-refractivity contribution in [3.05, 3.63) is 0 Å². The van der Waals surface area contributed by atoms with Crippen LogP contribution >= 0.6 is 11.8 Å². The highest BCUT2D eigenvalue weighted by Gasteiger charge is 2.45. The van der Waals surface area contributed by atoms with Crippen LogP contribution in [-0.2, 0) is 19.1 Å². The standard InChI is InChI=1S/C60H114N4O10S/c1-3-5-7-9-11-13-15-17-18-19-20-21-22-23-24-25-26-27-29-31-33-35-37-43-53(67)62-47(55(68)49(65)40-36-34-32-30-28-16-14-12-10-8-6-4-2)45-73-59-58(71)57(70)56(69)50(74-59)44-61-52(66)42-39-38-41-51-54-48(46-75-51)63-60(72)64-54/h47-51,54-59,65,68-71H,3-46H2,1-2H3,(H,61,66)(H,62,67)(H2,63,64,72)/t47-,48-,49+,50?,51-,54-,55-,56?,57?,58?,59?/m0/s1. The van der Waals surface area contributed by atoms with Crippen LogP contribution in [0.15, 0.2) is 0 Å². The Bertz CT molecular complexity index is 1420. The minimum absolute atomic E-state index is 0.111. The van der Waals surface area contributed by atoms with Crippen molar-refractivity contribution in [1.82, 2.24) is 21.3 Å². The molecule has 3 aliphatic rings. The molecule has 0 aromatic carbocycles. The summed E-state index contributed by atoms with van der Waals surface area (Å²) < 4.78 is 11.8. The summed E-state index contributed by atoms with van der Waals surface area (Å²) in [7, 11) is 0. The quantitative estimate of drug-likeness (QED) is 0.0206. The Hall–Kier alpha value is -1.72. The van der Waals surface area contributed by atoms with E-state index in [1.54, 1.807) is 0 Å². The first-order valence-corrected chi connectivity index (χ1v) is 32.5. The van der Waals surface area contributed by atoms with E-state index in [2.05, 4.69) is 35.1 Å². The maximum Gasteiger partial charge on any atom is 0.315 e. The lowest BCUT2D eigenvalue weighted by Crippen LogP contribution is -2.61. The summed E-state index contributed by atoms with van der Waals surface area (Å²) in [6, 6.07) is -0.888. The van der Waals surface area contributed by atoms with E-state index in [1.807, 2.05) is 11.8 Å². The number of hydrogen-bond acceptors (Lipinski definition) is 11. The fraction of sp³-hybridized carbons (Fsp3) is 0.950. The molecule has 0 bridgehead atoms. The number of amides is 4.